The highest BCUT2D eigenvalue weighted by Crippen LogP contribution is 2.16. The number of rotatable bonds is 11. The van der Waals surface area contributed by atoms with Crippen LogP contribution >= 0.6 is 0 Å². The summed E-state index contributed by atoms with van der Waals surface area (Å²) in [6, 6.07) is 23.1. The Morgan fingerprint density at radius 2 is 1.62 bits per heavy atom. The summed E-state index contributed by atoms with van der Waals surface area (Å²) >= 11 is 0. The zero-order valence-corrected chi connectivity index (χ0v) is 18.6. The highest BCUT2D eigenvalue weighted by atomic mass is 32.2. The van der Waals surface area contributed by atoms with Gasteiger partial charge in [-0.2, -0.15) is 0 Å². The van der Waals surface area contributed by atoms with Crippen LogP contribution < -0.4 is 14.8 Å². The number of para-hydroxylation sites is 1. The lowest BCUT2D eigenvalue weighted by atomic mass is 10.1. The summed E-state index contributed by atoms with van der Waals surface area (Å²) in [5, 5.41) is 2.86. The third-order valence-electron chi connectivity index (χ3n) is 4.70. The lowest BCUT2D eigenvalue weighted by Gasteiger charge is -2.12. The molecule has 168 valence electrons. The number of amides is 1. The largest absolute Gasteiger partial charge is 0.489 e. The minimum absolute atomic E-state index is 0.0258. The first kappa shape index (κ1) is 23.5. The van der Waals surface area contributed by atoms with Crippen LogP contribution in [0.3, 0.4) is 0 Å². The van der Waals surface area contributed by atoms with E-state index >= 15 is 0 Å². The van der Waals surface area contributed by atoms with Crippen LogP contribution in [0.5, 0.6) is 5.75 Å². The average molecular weight is 455 g/mol. The number of hydrogen-bond acceptors (Lipinski definition) is 5. The predicted octanol–water partition coefficient (Wildman–Crippen LogP) is 3.12. The van der Waals surface area contributed by atoms with Crippen molar-refractivity contribution in [2.75, 3.05) is 20.3 Å². The van der Waals surface area contributed by atoms with Crippen LogP contribution in [-0.4, -0.2) is 34.6 Å². The number of ether oxygens (including phenoxy) is 2. The second kappa shape index (κ2) is 11.4. The molecule has 0 aliphatic heterocycles. The minimum atomic E-state index is -3.72. The van der Waals surface area contributed by atoms with Gasteiger partial charge < -0.3 is 14.8 Å². The van der Waals surface area contributed by atoms with E-state index in [0.29, 0.717) is 6.61 Å². The van der Waals surface area contributed by atoms with Crippen LogP contribution in [0.1, 0.15) is 21.5 Å². The molecule has 0 aliphatic rings. The molecule has 7 nitrogen and oxygen atoms in total. The normalized spacial score (nSPS) is 11.2. The smallest absolute Gasteiger partial charge is 0.251 e. The van der Waals surface area contributed by atoms with Gasteiger partial charge in [-0.05, 0) is 41.5 Å². The summed E-state index contributed by atoms with van der Waals surface area (Å²) in [6.07, 6.45) is 0. The Morgan fingerprint density at radius 3 is 2.38 bits per heavy atom. The Labute approximate surface area is 188 Å². The molecule has 0 atom stereocenters. The molecule has 0 fully saturated rings. The first-order chi connectivity index (χ1) is 15.5. The number of nitrogens with one attached hydrogen (secondary N) is 2. The first-order valence-corrected chi connectivity index (χ1v) is 11.6. The van der Waals surface area contributed by atoms with Crippen LogP contribution in [-0.2, 0) is 27.9 Å². The summed E-state index contributed by atoms with van der Waals surface area (Å²) < 4.78 is 37.9. The maximum absolute atomic E-state index is 12.7. The average Bonchev–Trinajstić information content (AvgIpc) is 2.82. The van der Waals surface area contributed by atoms with E-state index in [4.69, 9.17) is 9.47 Å². The third-order valence-corrected chi connectivity index (χ3v) is 6.16. The van der Waals surface area contributed by atoms with Crippen LogP contribution in [0.15, 0.2) is 83.8 Å². The Morgan fingerprint density at radius 1 is 0.906 bits per heavy atom. The zero-order chi connectivity index (χ0) is 22.8. The zero-order valence-electron chi connectivity index (χ0n) is 17.8. The van der Waals surface area contributed by atoms with E-state index in [2.05, 4.69) is 10.0 Å². The molecule has 0 heterocycles. The van der Waals surface area contributed by atoms with Crippen LogP contribution in [0.25, 0.3) is 0 Å². The second-order valence-corrected chi connectivity index (χ2v) is 8.74. The number of carbonyl (C=O) groups excluding carboxylic acids is 1. The van der Waals surface area contributed by atoms with E-state index in [1.165, 1.54) is 19.2 Å². The van der Waals surface area contributed by atoms with E-state index in [-0.39, 0.29) is 36.1 Å². The molecule has 0 spiro atoms. The van der Waals surface area contributed by atoms with Gasteiger partial charge in [0.05, 0.1) is 11.5 Å². The van der Waals surface area contributed by atoms with Gasteiger partial charge in [-0.1, -0.05) is 48.5 Å². The number of methoxy groups -OCH3 is 1. The minimum Gasteiger partial charge on any atom is -0.489 e. The third kappa shape index (κ3) is 6.65. The van der Waals surface area contributed by atoms with E-state index in [9.17, 15) is 13.2 Å². The summed E-state index contributed by atoms with van der Waals surface area (Å²) in [4.78, 5) is 12.7. The molecule has 0 saturated heterocycles. The molecular formula is C24H26N2O5S. The quantitative estimate of drug-likeness (QED) is 0.434. The number of benzene rings is 3. The van der Waals surface area contributed by atoms with Gasteiger partial charge in [0, 0.05) is 25.8 Å². The Balaban J connectivity index is 1.64. The molecule has 0 unspecified atom stereocenters. The lowest BCUT2D eigenvalue weighted by Crippen LogP contribution is -2.28. The molecule has 3 aromatic carbocycles. The number of hydrogen-bond donors (Lipinski definition) is 2. The van der Waals surface area contributed by atoms with Crippen LogP contribution in [0, 0.1) is 0 Å². The van der Waals surface area contributed by atoms with E-state index in [1.807, 2.05) is 54.6 Å². The van der Waals surface area contributed by atoms with E-state index < -0.39 is 10.0 Å². The van der Waals surface area contributed by atoms with Gasteiger partial charge in [0.1, 0.15) is 12.4 Å². The summed E-state index contributed by atoms with van der Waals surface area (Å²) in [5.41, 5.74) is 2.13. The molecule has 0 bridgehead atoms. The molecule has 32 heavy (non-hydrogen) atoms. The van der Waals surface area contributed by atoms with Crippen molar-refractivity contribution in [3.63, 3.8) is 0 Å². The van der Waals surface area contributed by atoms with Gasteiger partial charge in [0.25, 0.3) is 5.91 Å². The van der Waals surface area contributed by atoms with Gasteiger partial charge in [-0.15, -0.1) is 0 Å². The molecule has 3 aromatic rings. The van der Waals surface area contributed by atoms with Crippen molar-refractivity contribution in [2.24, 2.45) is 0 Å². The first-order valence-electron chi connectivity index (χ1n) is 10.1. The molecule has 0 aromatic heterocycles. The molecule has 8 heteroatoms. The van der Waals surface area contributed by atoms with Gasteiger partial charge >= 0.3 is 0 Å². The van der Waals surface area contributed by atoms with Gasteiger partial charge in [-0.25, -0.2) is 13.1 Å². The monoisotopic (exact) mass is 454 g/mol. The van der Waals surface area contributed by atoms with Crippen molar-refractivity contribution in [1.29, 1.82) is 0 Å². The summed E-state index contributed by atoms with van der Waals surface area (Å²) in [5.74, 6) is 0.404. The van der Waals surface area contributed by atoms with E-state index in [1.54, 1.807) is 12.1 Å². The van der Waals surface area contributed by atoms with Crippen molar-refractivity contribution >= 4 is 15.9 Å². The van der Waals surface area contributed by atoms with Gasteiger partial charge in [0.2, 0.25) is 10.0 Å². The molecule has 1 amide bonds. The standard InChI is InChI=1S/C24H26N2O5S/c1-30-15-14-26-32(28,29)23-13-7-10-19(16-23)24(27)25-17-20-8-5-6-9-21(20)18-31-22-11-3-2-4-12-22/h2-13,16,26H,14-15,17-18H2,1H3,(H,25,27). The predicted molar refractivity (Wildman–Crippen MR) is 122 cm³/mol. The number of carbonyl (C=O) groups is 1. The molecule has 0 radical (unpaired) electrons. The van der Waals surface area contributed by atoms with Gasteiger partial charge in [0.15, 0.2) is 0 Å². The van der Waals surface area contributed by atoms with Crippen molar-refractivity contribution in [3.8, 4) is 5.75 Å². The topological polar surface area (TPSA) is 93.7 Å². The highest BCUT2D eigenvalue weighted by Gasteiger charge is 2.16. The molecule has 2 N–H and O–H groups in total. The summed E-state index contributed by atoms with van der Waals surface area (Å²) in [7, 11) is -2.23. The molecule has 3 rings (SSSR count). The maximum Gasteiger partial charge on any atom is 0.251 e. The SMILES string of the molecule is COCCNS(=O)(=O)c1cccc(C(=O)NCc2ccccc2COc2ccccc2)c1. The fourth-order valence-electron chi connectivity index (χ4n) is 2.99. The maximum atomic E-state index is 12.7. The lowest BCUT2D eigenvalue weighted by molar-refractivity contribution is 0.0950. The molecule has 0 aliphatic carbocycles. The van der Waals surface area contributed by atoms with E-state index in [0.717, 1.165) is 16.9 Å². The molecular weight excluding hydrogens is 428 g/mol. The van der Waals surface area contributed by atoms with Crippen LogP contribution in [0.4, 0.5) is 0 Å². The Kier molecular flexibility index (Phi) is 8.38. The second-order valence-electron chi connectivity index (χ2n) is 6.97. The number of sulfonamides is 1. The molecule has 0 saturated carbocycles. The fourth-order valence-corrected chi connectivity index (χ4v) is 4.05. The Bertz CT molecular complexity index is 1130. The van der Waals surface area contributed by atoms with Crippen molar-refractivity contribution < 1.29 is 22.7 Å². The van der Waals surface area contributed by atoms with Crippen molar-refractivity contribution in [2.45, 2.75) is 18.0 Å². The fraction of sp³-hybridized carbons (Fsp3) is 0.208. The van der Waals surface area contributed by atoms with Crippen molar-refractivity contribution in [3.05, 3.63) is 95.6 Å². The highest BCUT2D eigenvalue weighted by molar-refractivity contribution is 7.89. The van der Waals surface area contributed by atoms with Crippen molar-refractivity contribution in [1.82, 2.24) is 10.0 Å². The van der Waals surface area contributed by atoms with Gasteiger partial charge in [-0.3, -0.25) is 4.79 Å². The Hall–Kier alpha value is -3.20. The summed E-state index contributed by atoms with van der Waals surface area (Å²) in [6.45, 7) is 1.07. The van der Waals surface area contributed by atoms with Crippen LogP contribution in [0.2, 0.25) is 0 Å².